The second-order valence-corrected chi connectivity index (χ2v) is 5.72. The number of hydrogen-bond acceptors (Lipinski definition) is 5. The molecule has 0 saturated carbocycles. The Labute approximate surface area is 155 Å². The number of halogens is 3. The molecule has 28 heavy (non-hydrogen) atoms. The maximum atomic E-state index is 13.3. The third-order valence-electron chi connectivity index (χ3n) is 3.92. The van der Waals surface area contributed by atoms with Gasteiger partial charge >= 0.3 is 6.18 Å². The Kier molecular flexibility index (Phi) is 4.22. The quantitative estimate of drug-likeness (QED) is 0.585. The first kappa shape index (κ1) is 17.6. The van der Waals surface area contributed by atoms with E-state index in [-0.39, 0.29) is 28.4 Å². The Bertz CT molecular complexity index is 1160. The lowest BCUT2D eigenvalue weighted by atomic mass is 10.0. The molecule has 4 aromatic rings. The summed E-state index contributed by atoms with van der Waals surface area (Å²) in [6.07, 6.45) is -0.447. The number of hydrogen-bond donors (Lipinski definition) is 1. The molecule has 0 fully saturated rings. The van der Waals surface area contributed by atoms with E-state index in [0.717, 1.165) is 6.07 Å². The first-order valence-electron chi connectivity index (χ1n) is 8.02. The molecular weight excluding hydrogens is 373 g/mol. The van der Waals surface area contributed by atoms with Crippen LogP contribution in [0.1, 0.15) is 16.1 Å². The number of rotatable bonds is 3. The van der Waals surface area contributed by atoms with Crippen LogP contribution in [0.4, 0.5) is 19.0 Å². The molecule has 3 heterocycles. The lowest BCUT2D eigenvalue weighted by Gasteiger charge is -2.10. The number of nitrogens with zero attached hydrogens (tertiary/aromatic N) is 5. The second-order valence-electron chi connectivity index (χ2n) is 5.72. The molecule has 140 valence electrons. The van der Waals surface area contributed by atoms with Crippen LogP contribution in [0.5, 0.6) is 0 Å². The van der Waals surface area contributed by atoms with Gasteiger partial charge in [-0.3, -0.25) is 4.79 Å². The van der Waals surface area contributed by atoms with Gasteiger partial charge in [0.15, 0.2) is 5.65 Å². The molecule has 1 amide bonds. The largest absolute Gasteiger partial charge is 0.417 e. The summed E-state index contributed by atoms with van der Waals surface area (Å²) in [5, 5.41) is 6.83. The summed E-state index contributed by atoms with van der Waals surface area (Å²) in [5.74, 6) is -0.271. The van der Waals surface area contributed by atoms with Crippen LogP contribution >= 0.6 is 0 Å². The maximum Gasteiger partial charge on any atom is 0.417 e. The van der Waals surface area contributed by atoms with E-state index in [2.05, 4.69) is 25.4 Å². The van der Waals surface area contributed by atoms with Gasteiger partial charge < -0.3 is 5.32 Å². The van der Waals surface area contributed by atoms with Crippen LogP contribution in [0, 0.1) is 0 Å². The van der Waals surface area contributed by atoms with E-state index < -0.39 is 17.6 Å². The van der Waals surface area contributed by atoms with Gasteiger partial charge in [-0.1, -0.05) is 18.2 Å². The zero-order valence-electron chi connectivity index (χ0n) is 14.1. The lowest BCUT2D eigenvalue weighted by molar-refractivity contribution is -0.137. The Balaban J connectivity index is 1.76. The van der Waals surface area contributed by atoms with Crippen LogP contribution in [0.15, 0.2) is 61.2 Å². The standard InChI is InChI=1S/C18H11F3N6O/c19-18(20,21)12-4-2-1-3-11(12)14-9-16-23-8-6-15(27(16)26-14)25-17(28)13-5-7-22-10-24-13/h1-10H,(H,25,28). The molecule has 3 aromatic heterocycles. The van der Waals surface area contributed by atoms with Crippen molar-refractivity contribution in [3.63, 3.8) is 0 Å². The predicted molar refractivity (Wildman–Crippen MR) is 93.4 cm³/mol. The van der Waals surface area contributed by atoms with Gasteiger partial charge in [-0.25, -0.2) is 15.0 Å². The lowest BCUT2D eigenvalue weighted by Crippen LogP contribution is -2.16. The van der Waals surface area contributed by atoms with E-state index in [4.69, 9.17) is 0 Å². The van der Waals surface area contributed by atoms with Crippen molar-refractivity contribution in [2.45, 2.75) is 6.18 Å². The van der Waals surface area contributed by atoms with E-state index in [9.17, 15) is 18.0 Å². The number of anilines is 1. The van der Waals surface area contributed by atoms with Gasteiger partial charge in [-0.15, -0.1) is 0 Å². The molecule has 0 radical (unpaired) electrons. The van der Waals surface area contributed by atoms with Gasteiger partial charge in [0.25, 0.3) is 5.91 Å². The molecule has 0 saturated heterocycles. The van der Waals surface area contributed by atoms with Crippen molar-refractivity contribution in [3.05, 3.63) is 72.4 Å². The van der Waals surface area contributed by atoms with Gasteiger partial charge in [-0.2, -0.15) is 22.8 Å². The average Bonchev–Trinajstić information content (AvgIpc) is 3.13. The molecule has 0 aliphatic rings. The van der Waals surface area contributed by atoms with Gasteiger partial charge in [-0.05, 0) is 18.2 Å². The highest BCUT2D eigenvalue weighted by molar-refractivity contribution is 6.02. The Morgan fingerprint density at radius 1 is 1.04 bits per heavy atom. The fourth-order valence-electron chi connectivity index (χ4n) is 2.68. The number of fused-ring (bicyclic) bond motifs is 1. The molecule has 4 rings (SSSR count). The molecule has 1 aromatic carbocycles. The van der Waals surface area contributed by atoms with E-state index in [1.165, 1.54) is 59.6 Å². The third-order valence-corrected chi connectivity index (χ3v) is 3.92. The highest BCUT2D eigenvalue weighted by Gasteiger charge is 2.34. The molecule has 0 unspecified atom stereocenters. The summed E-state index contributed by atoms with van der Waals surface area (Å²) < 4.78 is 41.2. The number of alkyl halides is 3. The highest BCUT2D eigenvalue weighted by Crippen LogP contribution is 2.36. The fraction of sp³-hybridized carbons (Fsp3) is 0.0556. The number of amides is 1. The van der Waals surface area contributed by atoms with Crippen LogP contribution in [-0.4, -0.2) is 30.5 Å². The SMILES string of the molecule is O=C(Nc1ccnc2cc(-c3ccccc3C(F)(F)F)nn12)c1ccncn1. The van der Waals surface area contributed by atoms with Crippen molar-refractivity contribution in [3.8, 4) is 11.3 Å². The van der Waals surface area contributed by atoms with Crippen molar-refractivity contribution < 1.29 is 18.0 Å². The number of carbonyl (C=O) groups is 1. The van der Waals surface area contributed by atoms with Crippen molar-refractivity contribution >= 4 is 17.4 Å². The van der Waals surface area contributed by atoms with Crippen molar-refractivity contribution in [1.29, 1.82) is 0 Å². The molecule has 0 aliphatic carbocycles. The summed E-state index contributed by atoms with van der Waals surface area (Å²) in [6, 6.07) is 9.48. The molecular formula is C18H11F3N6O. The first-order valence-corrected chi connectivity index (χ1v) is 8.02. The minimum Gasteiger partial charge on any atom is -0.305 e. The van der Waals surface area contributed by atoms with E-state index in [0.29, 0.717) is 0 Å². The van der Waals surface area contributed by atoms with E-state index in [1.54, 1.807) is 0 Å². The second kappa shape index (κ2) is 6.72. The van der Waals surface area contributed by atoms with Crippen LogP contribution in [0.2, 0.25) is 0 Å². The molecule has 0 atom stereocenters. The molecule has 7 nitrogen and oxygen atoms in total. The predicted octanol–water partition coefficient (Wildman–Crippen LogP) is 3.46. The number of aromatic nitrogens is 5. The van der Waals surface area contributed by atoms with Gasteiger partial charge in [0.2, 0.25) is 0 Å². The zero-order valence-corrected chi connectivity index (χ0v) is 14.1. The number of carbonyl (C=O) groups excluding carboxylic acids is 1. The van der Waals surface area contributed by atoms with E-state index >= 15 is 0 Å². The minimum absolute atomic E-state index is 0.0754. The summed E-state index contributed by atoms with van der Waals surface area (Å²) in [4.78, 5) is 24.0. The smallest absolute Gasteiger partial charge is 0.305 e. The number of nitrogens with one attached hydrogen (secondary N) is 1. The van der Waals surface area contributed by atoms with Crippen molar-refractivity contribution in [1.82, 2.24) is 24.6 Å². The minimum atomic E-state index is -4.52. The highest BCUT2D eigenvalue weighted by atomic mass is 19.4. The summed E-state index contributed by atoms with van der Waals surface area (Å²) in [5.41, 5.74) is -0.370. The maximum absolute atomic E-state index is 13.3. The van der Waals surface area contributed by atoms with Crippen molar-refractivity contribution in [2.75, 3.05) is 5.32 Å². The van der Waals surface area contributed by atoms with Crippen LogP contribution in [-0.2, 0) is 6.18 Å². The molecule has 0 bridgehead atoms. The third kappa shape index (κ3) is 3.27. The number of benzene rings is 1. The van der Waals surface area contributed by atoms with Gasteiger partial charge in [0, 0.05) is 24.0 Å². The normalized spacial score (nSPS) is 11.5. The Hall–Kier alpha value is -3.82. The van der Waals surface area contributed by atoms with Crippen molar-refractivity contribution in [2.24, 2.45) is 0 Å². The summed E-state index contributed by atoms with van der Waals surface area (Å²) >= 11 is 0. The molecule has 10 heteroatoms. The molecule has 1 N–H and O–H groups in total. The molecule has 0 spiro atoms. The van der Waals surface area contributed by atoms with Crippen LogP contribution in [0.25, 0.3) is 16.9 Å². The fourth-order valence-corrected chi connectivity index (χ4v) is 2.68. The van der Waals surface area contributed by atoms with Crippen LogP contribution in [0.3, 0.4) is 0 Å². The first-order chi connectivity index (χ1) is 13.4. The van der Waals surface area contributed by atoms with Crippen LogP contribution < -0.4 is 5.32 Å². The van der Waals surface area contributed by atoms with E-state index in [1.807, 2.05) is 0 Å². The topological polar surface area (TPSA) is 85.1 Å². The van der Waals surface area contributed by atoms with Gasteiger partial charge in [0.1, 0.15) is 17.8 Å². The monoisotopic (exact) mass is 384 g/mol. The summed E-state index contributed by atoms with van der Waals surface area (Å²) in [7, 11) is 0. The van der Waals surface area contributed by atoms with Gasteiger partial charge in [0.05, 0.1) is 11.3 Å². The Morgan fingerprint density at radius 2 is 1.86 bits per heavy atom. The Morgan fingerprint density at radius 3 is 2.61 bits per heavy atom. The molecule has 0 aliphatic heterocycles. The average molecular weight is 384 g/mol. The zero-order chi connectivity index (χ0) is 19.7. The summed E-state index contributed by atoms with van der Waals surface area (Å²) in [6.45, 7) is 0.